The minimum absolute atomic E-state index is 0.0515. The summed E-state index contributed by atoms with van der Waals surface area (Å²) in [5, 5.41) is 2.49. The van der Waals surface area contributed by atoms with E-state index in [1.807, 2.05) is 0 Å². The molecule has 144 valence electrons. The maximum atomic E-state index is 14.4. The Kier molecular flexibility index (Phi) is 5.80. The summed E-state index contributed by atoms with van der Waals surface area (Å²) in [6.45, 7) is 6.03. The summed E-state index contributed by atoms with van der Waals surface area (Å²) in [5.74, 6) is -1.20. The summed E-state index contributed by atoms with van der Waals surface area (Å²) < 4.78 is 33.6. The number of benzene rings is 1. The molecule has 1 N–H and O–H groups in total. The zero-order valence-electron chi connectivity index (χ0n) is 15.2. The molecule has 0 unspecified atom stereocenters. The molecule has 5 nitrogen and oxygen atoms in total. The summed E-state index contributed by atoms with van der Waals surface area (Å²) in [6, 6.07) is 3.43. The molecular formula is C18H23ClF2N2O3. The topological polar surface area (TPSA) is 58.6 Å². The average Bonchev–Trinajstić information content (AvgIpc) is 2.83. The Labute approximate surface area is 156 Å². The van der Waals surface area contributed by atoms with Crippen LogP contribution in [0.5, 0.6) is 0 Å². The molecule has 1 fully saturated rings. The van der Waals surface area contributed by atoms with Gasteiger partial charge in [-0.1, -0.05) is 23.7 Å². The first-order valence-corrected chi connectivity index (χ1v) is 8.66. The first kappa shape index (κ1) is 20.4. The predicted octanol–water partition coefficient (Wildman–Crippen LogP) is 3.83. The van der Waals surface area contributed by atoms with E-state index < -0.39 is 35.1 Å². The van der Waals surface area contributed by atoms with Crippen LogP contribution in [0.3, 0.4) is 0 Å². The molecule has 1 aliphatic rings. The molecule has 0 spiro atoms. The van der Waals surface area contributed by atoms with Gasteiger partial charge in [-0.2, -0.15) is 0 Å². The highest BCUT2D eigenvalue weighted by molar-refractivity contribution is 6.30. The predicted molar refractivity (Wildman–Crippen MR) is 94.1 cm³/mol. The van der Waals surface area contributed by atoms with Crippen LogP contribution in [0.2, 0.25) is 5.02 Å². The van der Waals surface area contributed by atoms with Gasteiger partial charge in [-0.15, -0.1) is 0 Å². The van der Waals surface area contributed by atoms with Crippen LogP contribution in [0.15, 0.2) is 18.2 Å². The molecule has 1 aliphatic heterocycles. The molecule has 2 atom stereocenters. The van der Waals surface area contributed by atoms with E-state index in [1.54, 1.807) is 26.8 Å². The molecule has 0 aliphatic carbocycles. The van der Waals surface area contributed by atoms with Crippen molar-refractivity contribution in [3.05, 3.63) is 34.6 Å². The number of ether oxygens (including phenoxy) is 1. The molecule has 0 saturated carbocycles. The fourth-order valence-corrected chi connectivity index (χ4v) is 2.97. The van der Waals surface area contributed by atoms with Crippen LogP contribution >= 0.6 is 11.6 Å². The van der Waals surface area contributed by atoms with Gasteiger partial charge in [0.15, 0.2) is 0 Å². The highest BCUT2D eigenvalue weighted by Crippen LogP contribution is 2.31. The number of nitrogens with one attached hydrogen (secondary N) is 1. The van der Waals surface area contributed by atoms with Crippen molar-refractivity contribution in [3.8, 4) is 0 Å². The number of carbonyl (C=O) groups excluding carboxylic acids is 2. The Balaban J connectivity index is 2.09. The lowest BCUT2D eigenvalue weighted by Crippen LogP contribution is -2.47. The van der Waals surface area contributed by atoms with Crippen molar-refractivity contribution in [3.63, 3.8) is 0 Å². The summed E-state index contributed by atoms with van der Waals surface area (Å²) >= 11 is 5.71. The van der Waals surface area contributed by atoms with Crippen molar-refractivity contribution < 1.29 is 23.1 Å². The highest BCUT2D eigenvalue weighted by atomic mass is 35.5. The molecular weight excluding hydrogens is 366 g/mol. The molecule has 0 radical (unpaired) electrons. The summed E-state index contributed by atoms with van der Waals surface area (Å²) in [6.07, 6.45) is -0.913. The Morgan fingerprint density at radius 1 is 1.42 bits per heavy atom. The van der Waals surface area contributed by atoms with Crippen LogP contribution in [0.25, 0.3) is 0 Å². The van der Waals surface area contributed by atoms with Gasteiger partial charge < -0.3 is 10.1 Å². The molecule has 1 heterocycles. The smallest absolute Gasteiger partial charge is 0.411 e. The SMILES string of the molecule is CC(C)(C)OC(=O)N1C[C@](C)(F)C[C@@H]1C(=O)NCc1cccc(Cl)c1F. The Morgan fingerprint density at radius 2 is 2.08 bits per heavy atom. The monoisotopic (exact) mass is 388 g/mol. The zero-order valence-corrected chi connectivity index (χ0v) is 16.0. The Bertz CT molecular complexity index is 704. The van der Waals surface area contributed by atoms with Gasteiger partial charge in [-0.25, -0.2) is 13.6 Å². The minimum Gasteiger partial charge on any atom is -0.444 e. The van der Waals surface area contributed by atoms with Crippen molar-refractivity contribution in [1.82, 2.24) is 10.2 Å². The Morgan fingerprint density at radius 3 is 2.69 bits per heavy atom. The van der Waals surface area contributed by atoms with Crippen LogP contribution in [-0.2, 0) is 16.1 Å². The van der Waals surface area contributed by atoms with Crippen molar-refractivity contribution in [2.75, 3.05) is 6.54 Å². The molecule has 26 heavy (non-hydrogen) atoms. The van der Waals surface area contributed by atoms with E-state index in [0.717, 1.165) is 4.90 Å². The fraction of sp³-hybridized carbons (Fsp3) is 0.556. The molecule has 0 aromatic heterocycles. The third-order valence-corrected chi connectivity index (χ3v) is 4.20. The van der Waals surface area contributed by atoms with Crippen LogP contribution in [0.4, 0.5) is 13.6 Å². The van der Waals surface area contributed by atoms with Gasteiger partial charge in [0, 0.05) is 18.5 Å². The van der Waals surface area contributed by atoms with Crippen molar-refractivity contribution >= 4 is 23.6 Å². The van der Waals surface area contributed by atoms with Gasteiger partial charge in [-0.3, -0.25) is 9.69 Å². The van der Waals surface area contributed by atoms with Crippen molar-refractivity contribution in [2.45, 2.75) is 58.0 Å². The minimum atomic E-state index is -1.71. The lowest BCUT2D eigenvalue weighted by atomic mass is 10.0. The molecule has 8 heteroatoms. The van der Waals surface area contributed by atoms with E-state index in [1.165, 1.54) is 19.1 Å². The molecule has 2 rings (SSSR count). The summed E-state index contributed by atoms with van der Waals surface area (Å²) in [7, 11) is 0. The van der Waals surface area contributed by atoms with Gasteiger partial charge >= 0.3 is 6.09 Å². The molecule has 0 bridgehead atoms. The van der Waals surface area contributed by atoms with Gasteiger partial charge in [0.25, 0.3) is 0 Å². The van der Waals surface area contributed by atoms with Crippen LogP contribution in [0, 0.1) is 5.82 Å². The molecule has 1 aromatic rings. The number of rotatable bonds is 3. The highest BCUT2D eigenvalue weighted by Gasteiger charge is 2.47. The largest absolute Gasteiger partial charge is 0.444 e. The first-order chi connectivity index (χ1) is 11.9. The fourth-order valence-electron chi connectivity index (χ4n) is 2.77. The number of likely N-dealkylation sites (tertiary alicyclic amines) is 1. The quantitative estimate of drug-likeness (QED) is 0.856. The van der Waals surface area contributed by atoms with Gasteiger partial charge in [0.1, 0.15) is 23.1 Å². The number of halogens is 3. The second-order valence-electron chi connectivity index (χ2n) is 7.67. The van der Waals surface area contributed by atoms with E-state index >= 15 is 0 Å². The van der Waals surface area contributed by atoms with E-state index in [-0.39, 0.29) is 30.1 Å². The van der Waals surface area contributed by atoms with E-state index in [4.69, 9.17) is 16.3 Å². The normalized spacial score (nSPS) is 23.0. The van der Waals surface area contributed by atoms with E-state index in [2.05, 4.69) is 5.32 Å². The van der Waals surface area contributed by atoms with Gasteiger partial charge in [-0.05, 0) is 33.8 Å². The summed E-state index contributed by atoms with van der Waals surface area (Å²) in [5.41, 5.74) is -2.27. The van der Waals surface area contributed by atoms with Crippen molar-refractivity contribution in [1.29, 1.82) is 0 Å². The number of carbonyl (C=O) groups is 2. The van der Waals surface area contributed by atoms with E-state index in [9.17, 15) is 18.4 Å². The second kappa shape index (κ2) is 7.39. The van der Waals surface area contributed by atoms with Crippen LogP contribution in [0.1, 0.15) is 39.7 Å². The maximum absolute atomic E-state index is 14.4. The zero-order chi connectivity index (χ0) is 19.7. The molecule has 1 saturated heterocycles. The van der Waals surface area contributed by atoms with Crippen LogP contribution in [-0.4, -0.2) is 40.8 Å². The maximum Gasteiger partial charge on any atom is 0.411 e. The molecule has 2 amide bonds. The number of hydrogen-bond acceptors (Lipinski definition) is 3. The summed E-state index contributed by atoms with van der Waals surface area (Å²) in [4.78, 5) is 25.9. The Hall–Kier alpha value is -1.89. The average molecular weight is 389 g/mol. The second-order valence-corrected chi connectivity index (χ2v) is 8.08. The van der Waals surface area contributed by atoms with E-state index in [0.29, 0.717) is 0 Å². The number of hydrogen-bond donors (Lipinski definition) is 1. The third kappa shape index (κ3) is 5.06. The third-order valence-electron chi connectivity index (χ3n) is 3.91. The number of nitrogens with zero attached hydrogens (tertiary/aromatic N) is 1. The van der Waals surface area contributed by atoms with Gasteiger partial charge in [0.2, 0.25) is 5.91 Å². The standard InChI is InChI=1S/C18H23ClF2N2O3/c1-17(2,3)26-16(25)23-10-18(4,21)8-13(23)15(24)22-9-11-6-5-7-12(19)14(11)20/h5-7,13H,8-10H2,1-4H3,(H,22,24)/t13-,18-/m1/s1. The lowest BCUT2D eigenvalue weighted by Gasteiger charge is -2.28. The molecule has 1 aromatic carbocycles. The van der Waals surface area contributed by atoms with Crippen molar-refractivity contribution in [2.24, 2.45) is 0 Å². The van der Waals surface area contributed by atoms with Gasteiger partial charge in [0.05, 0.1) is 11.6 Å². The first-order valence-electron chi connectivity index (χ1n) is 8.29. The lowest BCUT2D eigenvalue weighted by molar-refractivity contribution is -0.125. The number of alkyl halides is 1. The van der Waals surface area contributed by atoms with Crippen LogP contribution < -0.4 is 5.32 Å². The number of amides is 2.